The summed E-state index contributed by atoms with van der Waals surface area (Å²) in [6.07, 6.45) is 2.29. The van der Waals surface area contributed by atoms with E-state index in [1.807, 2.05) is 11.3 Å². The van der Waals surface area contributed by atoms with Gasteiger partial charge in [0.05, 0.1) is 18.2 Å². The fourth-order valence-corrected chi connectivity index (χ4v) is 3.53. The summed E-state index contributed by atoms with van der Waals surface area (Å²) < 4.78 is 5.60. The minimum absolute atomic E-state index is 0. The lowest BCUT2D eigenvalue weighted by Gasteiger charge is -2.33. The van der Waals surface area contributed by atoms with E-state index < -0.39 is 0 Å². The minimum Gasteiger partial charge on any atom is -0.379 e. The predicted octanol–water partition coefficient (Wildman–Crippen LogP) is 3.56. The van der Waals surface area contributed by atoms with Crippen molar-refractivity contribution in [3.05, 3.63) is 17.5 Å². The summed E-state index contributed by atoms with van der Waals surface area (Å²) in [5.74, 6) is 1.49. The summed E-state index contributed by atoms with van der Waals surface area (Å²) in [6.45, 7) is 11.7. The zero-order chi connectivity index (χ0) is 17.2. The van der Waals surface area contributed by atoms with Crippen LogP contribution >= 0.6 is 35.3 Å². The normalized spacial score (nSPS) is 16.0. The van der Waals surface area contributed by atoms with E-state index in [1.54, 1.807) is 0 Å². The van der Waals surface area contributed by atoms with Crippen LogP contribution < -0.4 is 15.5 Å². The molecule has 0 radical (unpaired) electrons. The molecule has 2 N–H and O–H groups in total. The number of guanidine groups is 1. The maximum absolute atomic E-state index is 5.60. The molecule has 2 heterocycles. The van der Waals surface area contributed by atoms with Crippen molar-refractivity contribution in [1.82, 2.24) is 10.6 Å². The van der Waals surface area contributed by atoms with Gasteiger partial charge in [0.25, 0.3) is 0 Å². The second kappa shape index (κ2) is 12.8. The molecular formula is C18H33IN4OS. The first kappa shape index (κ1) is 22.5. The fourth-order valence-electron chi connectivity index (χ4n) is 2.75. The van der Waals surface area contributed by atoms with E-state index in [2.05, 4.69) is 58.8 Å². The smallest absolute Gasteiger partial charge is 0.191 e. The molecule has 7 heteroatoms. The van der Waals surface area contributed by atoms with Gasteiger partial charge in [-0.05, 0) is 43.2 Å². The standard InChI is InChI=1S/C18H32N4OS.HI/c1-4-19-18(20-9-12-23-14-15(2)3)21-16-7-10-22(11-8-16)17-6-5-13-24-17;/h5-6,13,15-16H,4,7-12,14H2,1-3H3,(H2,19,20,21);1H. The topological polar surface area (TPSA) is 48.9 Å². The molecule has 0 saturated carbocycles. The first-order valence-electron chi connectivity index (χ1n) is 9.10. The van der Waals surface area contributed by atoms with Gasteiger partial charge < -0.3 is 20.3 Å². The second-order valence-electron chi connectivity index (χ2n) is 6.59. The van der Waals surface area contributed by atoms with E-state index in [1.165, 1.54) is 5.00 Å². The summed E-state index contributed by atoms with van der Waals surface area (Å²) in [4.78, 5) is 7.11. The van der Waals surface area contributed by atoms with Gasteiger partial charge in [-0.2, -0.15) is 0 Å². The van der Waals surface area contributed by atoms with E-state index in [0.29, 0.717) is 25.1 Å². The van der Waals surface area contributed by atoms with Gasteiger partial charge in [0.15, 0.2) is 5.96 Å². The highest BCUT2D eigenvalue weighted by molar-refractivity contribution is 14.0. The van der Waals surface area contributed by atoms with Gasteiger partial charge in [-0.25, -0.2) is 0 Å². The van der Waals surface area contributed by atoms with E-state index in [0.717, 1.165) is 45.0 Å². The molecule has 0 aliphatic carbocycles. The molecule has 1 fully saturated rings. The van der Waals surface area contributed by atoms with Gasteiger partial charge in [0.2, 0.25) is 0 Å². The lowest BCUT2D eigenvalue weighted by Crippen LogP contribution is -2.48. The van der Waals surface area contributed by atoms with Crippen LogP contribution in [0.3, 0.4) is 0 Å². The number of aliphatic imine (C=N–C) groups is 1. The van der Waals surface area contributed by atoms with Crippen molar-refractivity contribution in [3.63, 3.8) is 0 Å². The molecule has 0 atom stereocenters. The Balaban J connectivity index is 0.00000312. The van der Waals surface area contributed by atoms with Crippen molar-refractivity contribution >= 4 is 46.3 Å². The Hall–Kier alpha value is -0.540. The number of thiophene rings is 1. The number of nitrogens with one attached hydrogen (secondary N) is 2. The average Bonchev–Trinajstić information content (AvgIpc) is 3.09. The Bertz CT molecular complexity index is 473. The number of rotatable bonds is 8. The third-order valence-electron chi connectivity index (χ3n) is 3.95. The molecule has 0 aromatic carbocycles. The van der Waals surface area contributed by atoms with E-state index in [4.69, 9.17) is 4.74 Å². The fraction of sp³-hybridized carbons (Fsp3) is 0.722. The lowest BCUT2D eigenvalue weighted by atomic mass is 10.1. The number of anilines is 1. The van der Waals surface area contributed by atoms with Gasteiger partial charge >= 0.3 is 0 Å². The zero-order valence-corrected chi connectivity index (χ0v) is 18.8. The molecule has 5 nitrogen and oxygen atoms in total. The Labute approximate surface area is 173 Å². The van der Waals surface area contributed by atoms with Crippen LogP contribution in [0, 0.1) is 5.92 Å². The van der Waals surface area contributed by atoms with Crippen LogP contribution in [0.15, 0.2) is 22.5 Å². The third kappa shape index (κ3) is 8.59. The van der Waals surface area contributed by atoms with Crippen LogP contribution in [0.2, 0.25) is 0 Å². The molecule has 2 rings (SSSR count). The van der Waals surface area contributed by atoms with Gasteiger partial charge in [-0.1, -0.05) is 13.8 Å². The molecule has 1 aliphatic rings. The van der Waals surface area contributed by atoms with Crippen LogP contribution in [0.4, 0.5) is 5.00 Å². The summed E-state index contributed by atoms with van der Waals surface area (Å²) in [7, 11) is 0. The maximum atomic E-state index is 5.60. The molecule has 1 aromatic heterocycles. The second-order valence-corrected chi connectivity index (χ2v) is 7.51. The van der Waals surface area contributed by atoms with Crippen LogP contribution in [-0.2, 0) is 4.74 Å². The molecule has 0 spiro atoms. The molecule has 0 amide bonds. The molecule has 0 unspecified atom stereocenters. The first-order valence-corrected chi connectivity index (χ1v) is 9.98. The highest BCUT2D eigenvalue weighted by Gasteiger charge is 2.20. The number of piperidine rings is 1. The maximum Gasteiger partial charge on any atom is 0.191 e. The number of hydrogen-bond donors (Lipinski definition) is 2. The molecule has 1 aliphatic heterocycles. The van der Waals surface area contributed by atoms with E-state index >= 15 is 0 Å². The number of ether oxygens (including phenoxy) is 1. The molecule has 25 heavy (non-hydrogen) atoms. The Morgan fingerprint density at radius 2 is 2.16 bits per heavy atom. The van der Waals surface area contributed by atoms with Crippen LogP contribution in [0.1, 0.15) is 33.6 Å². The molecule has 1 saturated heterocycles. The average molecular weight is 480 g/mol. The van der Waals surface area contributed by atoms with Gasteiger partial charge in [-0.3, -0.25) is 4.99 Å². The summed E-state index contributed by atoms with van der Waals surface area (Å²) in [6, 6.07) is 4.83. The number of halogens is 1. The minimum atomic E-state index is 0. The van der Waals surface area contributed by atoms with Crippen molar-refractivity contribution in [2.24, 2.45) is 10.9 Å². The largest absolute Gasteiger partial charge is 0.379 e. The van der Waals surface area contributed by atoms with Crippen LogP contribution in [0.5, 0.6) is 0 Å². The summed E-state index contributed by atoms with van der Waals surface area (Å²) >= 11 is 1.83. The van der Waals surface area contributed by atoms with Crippen molar-refractivity contribution in [2.75, 3.05) is 44.3 Å². The quantitative estimate of drug-likeness (QED) is 0.259. The molecule has 1 aromatic rings. The third-order valence-corrected chi connectivity index (χ3v) is 4.88. The van der Waals surface area contributed by atoms with Crippen LogP contribution in [0.25, 0.3) is 0 Å². The van der Waals surface area contributed by atoms with Gasteiger partial charge in [0, 0.05) is 32.3 Å². The first-order chi connectivity index (χ1) is 11.7. The SMILES string of the molecule is CCNC(=NCCOCC(C)C)NC1CCN(c2cccs2)CC1.I. The van der Waals surface area contributed by atoms with Crippen molar-refractivity contribution in [2.45, 2.75) is 39.7 Å². The Kier molecular flexibility index (Phi) is 11.5. The number of hydrogen-bond acceptors (Lipinski definition) is 4. The zero-order valence-electron chi connectivity index (χ0n) is 15.7. The van der Waals surface area contributed by atoms with E-state index in [-0.39, 0.29) is 24.0 Å². The Morgan fingerprint density at radius 3 is 2.76 bits per heavy atom. The molecule has 144 valence electrons. The van der Waals surface area contributed by atoms with Crippen LogP contribution in [-0.4, -0.2) is 51.4 Å². The summed E-state index contributed by atoms with van der Waals surface area (Å²) in [5.41, 5.74) is 0. The highest BCUT2D eigenvalue weighted by Crippen LogP contribution is 2.24. The van der Waals surface area contributed by atoms with Gasteiger partial charge in [0.1, 0.15) is 0 Å². The van der Waals surface area contributed by atoms with Crippen molar-refractivity contribution in [3.8, 4) is 0 Å². The molecule has 0 bridgehead atoms. The summed E-state index contributed by atoms with van der Waals surface area (Å²) in [5, 5.41) is 10.5. The van der Waals surface area contributed by atoms with E-state index in [9.17, 15) is 0 Å². The highest BCUT2D eigenvalue weighted by atomic mass is 127. The lowest BCUT2D eigenvalue weighted by molar-refractivity contribution is 0.117. The monoisotopic (exact) mass is 480 g/mol. The number of nitrogens with zero attached hydrogens (tertiary/aromatic N) is 2. The van der Waals surface area contributed by atoms with Crippen molar-refractivity contribution in [1.29, 1.82) is 0 Å². The molecular weight excluding hydrogens is 447 g/mol. The predicted molar refractivity (Wildman–Crippen MR) is 120 cm³/mol. The Morgan fingerprint density at radius 1 is 1.40 bits per heavy atom. The van der Waals surface area contributed by atoms with Gasteiger partial charge in [-0.15, -0.1) is 35.3 Å². The van der Waals surface area contributed by atoms with Crippen molar-refractivity contribution < 1.29 is 4.74 Å².